The van der Waals surface area contributed by atoms with E-state index in [0.717, 1.165) is 77.7 Å². The average molecular weight is 983 g/mol. The van der Waals surface area contributed by atoms with Crippen molar-refractivity contribution in [3.05, 3.63) is 163 Å². The summed E-state index contributed by atoms with van der Waals surface area (Å²) in [6.45, 7) is 19.4. The fraction of sp³-hybridized carbons (Fsp3) is 0.226. The zero-order valence-electron chi connectivity index (χ0n) is 37.8. The number of furan rings is 1. The van der Waals surface area contributed by atoms with Crippen LogP contribution >= 0.6 is 0 Å². The molecule has 0 fully saturated rings. The van der Waals surface area contributed by atoms with Crippen LogP contribution < -0.4 is 5.19 Å². The summed E-state index contributed by atoms with van der Waals surface area (Å²) in [5, 5.41) is 3.25. The van der Waals surface area contributed by atoms with Crippen molar-refractivity contribution in [3.8, 4) is 39.5 Å². The average Bonchev–Trinajstić information content (AvgIpc) is 3.83. The molecule has 0 aliphatic heterocycles. The van der Waals surface area contributed by atoms with E-state index < -0.39 is 14.4 Å². The van der Waals surface area contributed by atoms with Crippen LogP contribution in [-0.2, 0) is 31.9 Å². The van der Waals surface area contributed by atoms with E-state index in [4.69, 9.17) is 12.1 Å². The zero-order valence-corrected chi connectivity index (χ0v) is 39.2. The third-order valence-corrected chi connectivity index (χ3v) is 12.6. The normalized spacial score (nSPS) is 12.6. The number of nitrogens with zero attached hydrogens (tertiary/aromatic N) is 4. The van der Waals surface area contributed by atoms with E-state index in [0.29, 0.717) is 0 Å². The van der Waals surface area contributed by atoms with Gasteiger partial charge in [0.25, 0.3) is 0 Å². The molecule has 9 aromatic rings. The molecule has 0 spiro atoms. The Hall–Kier alpha value is -5.46. The van der Waals surface area contributed by atoms with Crippen molar-refractivity contribution in [2.24, 2.45) is 5.92 Å². The molecule has 4 heterocycles. The molecule has 0 saturated heterocycles. The fourth-order valence-corrected chi connectivity index (χ4v) is 9.13. The SMILES string of the molecule is Cc1nccc2nc(-c3[c-]cc4oc5ccccc5c4c3)n(-c3ccc(-c4ccccc4)cc3C(C)(C)C)c12.[2H]C([2H])(c1cc(-c2[c-]cccc2)ncc1[Si](C)(C)C)C(C)C.[Ir]. The van der Waals surface area contributed by atoms with Gasteiger partial charge in [-0.3, -0.25) is 9.97 Å². The van der Waals surface area contributed by atoms with Crippen molar-refractivity contribution >= 4 is 46.2 Å². The molecular weight excluding hydrogens is 929 g/mol. The maximum Gasteiger partial charge on any atom is 0.120 e. The molecule has 0 bridgehead atoms. The van der Waals surface area contributed by atoms with Crippen LogP contribution in [0.5, 0.6) is 0 Å². The maximum absolute atomic E-state index is 8.55. The van der Waals surface area contributed by atoms with Crippen LogP contribution in [0.3, 0.4) is 0 Å². The second-order valence-corrected chi connectivity index (χ2v) is 22.6. The summed E-state index contributed by atoms with van der Waals surface area (Å²) in [5.74, 6) is 0.754. The van der Waals surface area contributed by atoms with Gasteiger partial charge < -0.3 is 14.0 Å². The molecule has 1 radical (unpaired) electrons. The van der Waals surface area contributed by atoms with E-state index in [9.17, 15) is 0 Å². The Morgan fingerprint density at radius 1 is 0.783 bits per heavy atom. The van der Waals surface area contributed by atoms with Gasteiger partial charge in [-0.25, -0.2) is 0 Å². The first kappa shape index (κ1) is 40.0. The van der Waals surface area contributed by atoms with Crippen molar-refractivity contribution in [1.82, 2.24) is 19.5 Å². The van der Waals surface area contributed by atoms with Gasteiger partial charge in [0.05, 0.1) is 36.2 Å². The summed E-state index contributed by atoms with van der Waals surface area (Å²) in [4.78, 5) is 14.4. The van der Waals surface area contributed by atoms with Crippen LogP contribution in [0.2, 0.25) is 19.6 Å². The van der Waals surface area contributed by atoms with Crippen LogP contribution in [0.15, 0.2) is 138 Å². The molecule has 0 atom stereocenters. The fourth-order valence-electron chi connectivity index (χ4n) is 7.72. The van der Waals surface area contributed by atoms with Crippen LogP contribution in [0, 0.1) is 25.0 Å². The summed E-state index contributed by atoms with van der Waals surface area (Å²) >= 11 is 0. The van der Waals surface area contributed by atoms with Crippen LogP contribution in [0.25, 0.3) is 72.4 Å². The zero-order chi connectivity index (χ0) is 43.3. The van der Waals surface area contributed by atoms with Crippen LogP contribution in [0.4, 0.5) is 0 Å². The van der Waals surface area contributed by atoms with E-state index in [2.05, 4.69) is 135 Å². The maximum atomic E-state index is 8.55. The Kier molecular flexibility index (Phi) is 11.5. The van der Waals surface area contributed by atoms with E-state index in [1.165, 1.54) is 16.7 Å². The van der Waals surface area contributed by atoms with Gasteiger partial charge in [-0.2, -0.15) is 0 Å². The molecule has 5 nitrogen and oxygen atoms in total. The molecule has 0 unspecified atom stereocenters. The minimum atomic E-state index is -1.67. The van der Waals surface area contributed by atoms with Crippen molar-refractivity contribution in [1.29, 1.82) is 0 Å². The molecule has 305 valence electrons. The number of imidazole rings is 1. The molecule has 0 aliphatic rings. The van der Waals surface area contributed by atoms with Gasteiger partial charge in [-0.05, 0) is 76.5 Å². The molecule has 4 aromatic heterocycles. The molecule has 0 aliphatic carbocycles. The van der Waals surface area contributed by atoms with E-state index in [1.807, 2.05) is 86.9 Å². The van der Waals surface area contributed by atoms with Gasteiger partial charge in [0, 0.05) is 46.3 Å². The van der Waals surface area contributed by atoms with Gasteiger partial charge in [0.15, 0.2) is 0 Å². The van der Waals surface area contributed by atoms with Crippen LogP contribution in [0.1, 0.15) is 54.2 Å². The standard InChI is InChI=1S/C35H28N3O.C18H24NSi.Ir/c1-22-33-29(18-19-36-22)37-34(25-15-17-32-27(20-25)26-12-8-9-13-31(26)39-32)38(33)30-16-14-24(21-28(30)35(2,3)4)23-10-6-5-7-11-23;1-14(2)11-16-12-17(15-9-7-6-8-10-15)19-13-18(16)20(3,4)5;/h5-14,16-21H,1-4H3;6-9,12-14H,11H2,1-5H3;/q2*-1;/i;11D2;. The summed E-state index contributed by atoms with van der Waals surface area (Å²) in [6.07, 6.45) is 2.36. The summed E-state index contributed by atoms with van der Waals surface area (Å²) in [6, 6.07) is 47.8. The number of aromatic nitrogens is 4. The molecule has 0 saturated carbocycles. The first-order valence-electron chi connectivity index (χ1n) is 21.4. The molecular formula is C53H52IrN4OSi-2. The number of para-hydroxylation sites is 1. The first-order valence-corrected chi connectivity index (χ1v) is 23.9. The molecule has 0 amide bonds. The number of benzene rings is 5. The molecule has 0 N–H and O–H groups in total. The van der Waals surface area contributed by atoms with E-state index in [1.54, 1.807) is 0 Å². The second kappa shape index (κ2) is 17.3. The quantitative estimate of drug-likeness (QED) is 0.118. The second-order valence-electron chi connectivity index (χ2n) is 17.5. The Morgan fingerprint density at radius 2 is 1.53 bits per heavy atom. The Morgan fingerprint density at radius 3 is 2.25 bits per heavy atom. The van der Waals surface area contributed by atoms with Crippen LogP contribution in [-0.4, -0.2) is 27.6 Å². The summed E-state index contributed by atoms with van der Waals surface area (Å²) in [5.41, 5.74) is 12.6. The number of hydrogen-bond acceptors (Lipinski definition) is 4. The first-order chi connectivity index (χ1) is 29.0. The predicted molar refractivity (Wildman–Crippen MR) is 249 cm³/mol. The molecule has 5 aromatic carbocycles. The van der Waals surface area contributed by atoms with E-state index in [-0.39, 0.29) is 31.4 Å². The Bertz CT molecular complexity index is 3020. The predicted octanol–water partition coefficient (Wildman–Crippen LogP) is 13.3. The molecule has 9 rings (SSSR count). The minimum absolute atomic E-state index is 0. The number of pyridine rings is 2. The largest absolute Gasteiger partial charge is 0.500 e. The number of hydrogen-bond donors (Lipinski definition) is 0. The van der Waals surface area contributed by atoms with Gasteiger partial charge in [-0.1, -0.05) is 126 Å². The summed E-state index contributed by atoms with van der Waals surface area (Å²) < 4.78 is 25.5. The van der Waals surface area contributed by atoms with Crippen molar-refractivity contribution < 1.29 is 27.3 Å². The number of fused-ring (bicyclic) bond motifs is 4. The molecule has 7 heteroatoms. The van der Waals surface area contributed by atoms with Gasteiger partial charge in [0.1, 0.15) is 5.58 Å². The van der Waals surface area contributed by atoms with Gasteiger partial charge >= 0.3 is 0 Å². The number of aryl methyl sites for hydroxylation is 1. The van der Waals surface area contributed by atoms with Crippen molar-refractivity contribution in [3.63, 3.8) is 0 Å². The smallest absolute Gasteiger partial charge is 0.120 e. The Balaban J connectivity index is 0.000000215. The van der Waals surface area contributed by atoms with Gasteiger partial charge in [0.2, 0.25) is 0 Å². The Labute approximate surface area is 372 Å². The number of rotatable bonds is 7. The molecule has 60 heavy (non-hydrogen) atoms. The van der Waals surface area contributed by atoms with Crippen molar-refractivity contribution in [2.45, 2.75) is 73.0 Å². The topological polar surface area (TPSA) is 56.7 Å². The third kappa shape index (κ3) is 8.71. The van der Waals surface area contributed by atoms with Gasteiger partial charge in [-0.15, -0.1) is 59.7 Å². The summed E-state index contributed by atoms with van der Waals surface area (Å²) in [7, 11) is -1.67. The monoisotopic (exact) mass is 983 g/mol. The third-order valence-electron chi connectivity index (χ3n) is 10.6. The van der Waals surface area contributed by atoms with E-state index >= 15 is 0 Å². The van der Waals surface area contributed by atoms with Crippen molar-refractivity contribution in [2.75, 3.05) is 0 Å². The minimum Gasteiger partial charge on any atom is -0.500 e.